The molecule has 2 amide bonds. The molecular formula is C17H17FN4O2. The molecule has 2 aromatic rings. The van der Waals surface area contributed by atoms with Gasteiger partial charge in [0.25, 0.3) is 11.8 Å². The molecule has 1 aliphatic heterocycles. The number of rotatable bonds is 3. The molecule has 2 N–H and O–H groups in total. The normalized spacial score (nSPS) is 17.1. The van der Waals surface area contributed by atoms with Crippen LogP contribution in [0.3, 0.4) is 0 Å². The van der Waals surface area contributed by atoms with E-state index in [2.05, 4.69) is 9.97 Å². The lowest BCUT2D eigenvalue weighted by atomic mass is 10.1. The first-order valence-electron chi connectivity index (χ1n) is 7.67. The summed E-state index contributed by atoms with van der Waals surface area (Å²) in [7, 11) is 0. The highest BCUT2D eigenvalue weighted by atomic mass is 19.1. The van der Waals surface area contributed by atoms with Gasteiger partial charge in [-0.3, -0.25) is 9.59 Å². The van der Waals surface area contributed by atoms with Crippen LogP contribution in [0.2, 0.25) is 0 Å². The van der Waals surface area contributed by atoms with Gasteiger partial charge in [0.1, 0.15) is 5.82 Å². The predicted molar refractivity (Wildman–Crippen MR) is 84.7 cm³/mol. The van der Waals surface area contributed by atoms with E-state index in [1.165, 1.54) is 30.5 Å². The molecule has 3 rings (SSSR count). The molecule has 7 heteroatoms. The number of benzene rings is 1. The highest BCUT2D eigenvalue weighted by Crippen LogP contribution is 2.31. The van der Waals surface area contributed by atoms with Crippen LogP contribution in [0.25, 0.3) is 0 Å². The Hall–Kier alpha value is -2.83. The maximum absolute atomic E-state index is 13.0. The molecule has 1 fully saturated rings. The Morgan fingerprint density at radius 1 is 1.29 bits per heavy atom. The van der Waals surface area contributed by atoms with Crippen LogP contribution < -0.4 is 5.73 Å². The minimum atomic E-state index is -0.579. The molecule has 1 aromatic carbocycles. The van der Waals surface area contributed by atoms with Crippen LogP contribution in [0.15, 0.2) is 30.5 Å². The van der Waals surface area contributed by atoms with Gasteiger partial charge in [-0.15, -0.1) is 0 Å². The van der Waals surface area contributed by atoms with Gasteiger partial charge in [-0.2, -0.15) is 0 Å². The summed E-state index contributed by atoms with van der Waals surface area (Å²) in [5, 5.41) is 0. The lowest BCUT2D eigenvalue weighted by Crippen LogP contribution is -2.31. The Kier molecular flexibility index (Phi) is 4.24. The molecule has 1 saturated heterocycles. The number of primary amides is 1. The Morgan fingerprint density at radius 2 is 2.00 bits per heavy atom. The summed E-state index contributed by atoms with van der Waals surface area (Å²) in [6.45, 7) is 2.27. The van der Waals surface area contributed by atoms with Gasteiger partial charge in [0.05, 0.1) is 17.3 Å². The minimum Gasteiger partial charge on any atom is -0.365 e. The van der Waals surface area contributed by atoms with Crippen molar-refractivity contribution in [3.8, 4) is 0 Å². The van der Waals surface area contributed by atoms with Crippen LogP contribution >= 0.6 is 0 Å². The Balaban J connectivity index is 1.88. The maximum atomic E-state index is 13.0. The van der Waals surface area contributed by atoms with Gasteiger partial charge in [-0.25, -0.2) is 14.4 Å². The standard InChI is InChI=1S/C17H17FN4O2/c1-10-13(15(19)23)9-20-16(21-10)14-3-2-8-22(14)17(24)11-4-6-12(18)7-5-11/h4-7,9,14H,2-3,8H2,1H3,(H2,19,23)/t14-/m0/s1. The van der Waals surface area contributed by atoms with Crippen LogP contribution in [0.4, 0.5) is 4.39 Å². The second-order valence-electron chi connectivity index (χ2n) is 5.76. The molecule has 24 heavy (non-hydrogen) atoms. The molecule has 1 aliphatic rings. The molecule has 0 radical (unpaired) electrons. The third-order valence-corrected chi connectivity index (χ3v) is 4.17. The largest absolute Gasteiger partial charge is 0.365 e. The number of aryl methyl sites for hydroxylation is 1. The number of carbonyl (C=O) groups is 2. The first-order valence-corrected chi connectivity index (χ1v) is 7.67. The Morgan fingerprint density at radius 3 is 2.62 bits per heavy atom. The number of hydrogen-bond donors (Lipinski definition) is 1. The lowest BCUT2D eigenvalue weighted by Gasteiger charge is -2.24. The number of amides is 2. The molecule has 0 bridgehead atoms. The fourth-order valence-corrected chi connectivity index (χ4v) is 2.92. The molecule has 0 aliphatic carbocycles. The lowest BCUT2D eigenvalue weighted by molar-refractivity contribution is 0.0729. The van der Waals surface area contributed by atoms with E-state index in [1.807, 2.05) is 0 Å². The van der Waals surface area contributed by atoms with Crippen molar-refractivity contribution in [1.82, 2.24) is 14.9 Å². The van der Waals surface area contributed by atoms with Gasteiger partial charge < -0.3 is 10.6 Å². The van der Waals surface area contributed by atoms with Crippen molar-refractivity contribution in [3.63, 3.8) is 0 Å². The second kappa shape index (κ2) is 6.35. The highest BCUT2D eigenvalue weighted by Gasteiger charge is 2.32. The predicted octanol–water partition coefficient (Wildman–Crippen LogP) is 2.00. The zero-order chi connectivity index (χ0) is 17.3. The van der Waals surface area contributed by atoms with E-state index in [0.717, 1.165) is 12.8 Å². The zero-order valence-electron chi connectivity index (χ0n) is 13.2. The fourth-order valence-electron chi connectivity index (χ4n) is 2.92. The van der Waals surface area contributed by atoms with Gasteiger partial charge in [0, 0.05) is 18.3 Å². The zero-order valence-corrected chi connectivity index (χ0v) is 13.2. The van der Waals surface area contributed by atoms with E-state index in [4.69, 9.17) is 5.73 Å². The van der Waals surface area contributed by atoms with Crippen LogP contribution in [0, 0.1) is 12.7 Å². The van der Waals surface area contributed by atoms with Gasteiger partial charge in [-0.1, -0.05) is 0 Å². The molecular weight excluding hydrogens is 311 g/mol. The van der Waals surface area contributed by atoms with E-state index < -0.39 is 5.91 Å². The topological polar surface area (TPSA) is 89.2 Å². The average molecular weight is 328 g/mol. The third kappa shape index (κ3) is 2.97. The Bertz CT molecular complexity index is 792. The molecule has 1 atom stereocenters. The van der Waals surface area contributed by atoms with Crippen molar-refractivity contribution in [3.05, 3.63) is 58.9 Å². The molecule has 0 saturated carbocycles. The number of likely N-dealkylation sites (tertiary alicyclic amines) is 1. The van der Waals surface area contributed by atoms with Crippen LogP contribution in [0.5, 0.6) is 0 Å². The molecule has 2 heterocycles. The molecule has 1 aromatic heterocycles. The van der Waals surface area contributed by atoms with Crippen molar-refractivity contribution < 1.29 is 14.0 Å². The third-order valence-electron chi connectivity index (χ3n) is 4.17. The van der Waals surface area contributed by atoms with Crippen molar-refractivity contribution in [2.45, 2.75) is 25.8 Å². The number of hydrogen-bond acceptors (Lipinski definition) is 4. The first-order chi connectivity index (χ1) is 11.5. The molecule has 0 spiro atoms. The van der Waals surface area contributed by atoms with Gasteiger partial charge >= 0.3 is 0 Å². The van der Waals surface area contributed by atoms with Crippen molar-refractivity contribution in [2.75, 3.05) is 6.54 Å². The number of halogens is 1. The summed E-state index contributed by atoms with van der Waals surface area (Å²) in [5.74, 6) is -0.654. The maximum Gasteiger partial charge on any atom is 0.254 e. The van der Waals surface area contributed by atoms with Crippen LogP contribution in [-0.4, -0.2) is 33.2 Å². The van der Waals surface area contributed by atoms with Gasteiger partial charge in [0.15, 0.2) is 5.82 Å². The number of nitrogens with zero attached hydrogens (tertiary/aromatic N) is 3. The molecule has 6 nitrogen and oxygen atoms in total. The van der Waals surface area contributed by atoms with Crippen molar-refractivity contribution in [2.24, 2.45) is 5.73 Å². The summed E-state index contributed by atoms with van der Waals surface area (Å²) in [4.78, 5) is 34.2. The van der Waals surface area contributed by atoms with Crippen LogP contribution in [0.1, 0.15) is 51.1 Å². The minimum absolute atomic E-state index is 0.183. The first kappa shape index (κ1) is 16.0. The number of nitrogens with two attached hydrogens (primary N) is 1. The molecule has 0 unspecified atom stereocenters. The summed E-state index contributed by atoms with van der Waals surface area (Å²) in [6, 6.07) is 5.20. The molecule has 124 valence electrons. The van der Waals surface area contributed by atoms with Crippen molar-refractivity contribution in [1.29, 1.82) is 0 Å². The average Bonchev–Trinajstić information content (AvgIpc) is 3.04. The quantitative estimate of drug-likeness (QED) is 0.933. The fraction of sp³-hybridized carbons (Fsp3) is 0.294. The van der Waals surface area contributed by atoms with E-state index in [1.54, 1.807) is 11.8 Å². The summed E-state index contributed by atoms with van der Waals surface area (Å²) in [6.07, 6.45) is 2.97. The van der Waals surface area contributed by atoms with E-state index in [-0.39, 0.29) is 23.3 Å². The summed E-state index contributed by atoms with van der Waals surface area (Å²) < 4.78 is 13.0. The summed E-state index contributed by atoms with van der Waals surface area (Å²) >= 11 is 0. The monoisotopic (exact) mass is 328 g/mol. The van der Waals surface area contributed by atoms with E-state index in [0.29, 0.717) is 23.6 Å². The second-order valence-corrected chi connectivity index (χ2v) is 5.76. The van der Waals surface area contributed by atoms with Crippen molar-refractivity contribution >= 4 is 11.8 Å². The number of aromatic nitrogens is 2. The van der Waals surface area contributed by atoms with Gasteiger partial charge in [0.2, 0.25) is 0 Å². The van der Waals surface area contributed by atoms with Crippen LogP contribution in [-0.2, 0) is 0 Å². The Labute approximate surface area is 138 Å². The van der Waals surface area contributed by atoms with E-state index >= 15 is 0 Å². The van der Waals surface area contributed by atoms with E-state index in [9.17, 15) is 14.0 Å². The smallest absolute Gasteiger partial charge is 0.254 e. The number of carbonyl (C=O) groups excluding carboxylic acids is 2. The highest BCUT2D eigenvalue weighted by molar-refractivity contribution is 5.95. The van der Waals surface area contributed by atoms with Gasteiger partial charge in [-0.05, 0) is 44.0 Å². The SMILES string of the molecule is Cc1nc([C@@H]2CCCN2C(=O)c2ccc(F)cc2)ncc1C(N)=O. The summed E-state index contributed by atoms with van der Waals surface area (Å²) in [5.41, 5.74) is 6.46.